The van der Waals surface area contributed by atoms with E-state index >= 15 is 0 Å². The number of anilines is 1. The predicted molar refractivity (Wildman–Crippen MR) is 112 cm³/mol. The lowest BCUT2D eigenvalue weighted by Crippen LogP contribution is -2.42. The number of nitrogens with one attached hydrogen (secondary N) is 1. The Morgan fingerprint density at radius 3 is 2.38 bits per heavy atom. The highest BCUT2D eigenvalue weighted by Crippen LogP contribution is 2.28. The van der Waals surface area contributed by atoms with Gasteiger partial charge >= 0.3 is 0 Å². The summed E-state index contributed by atoms with van der Waals surface area (Å²) in [5, 5.41) is 2.69. The first-order chi connectivity index (χ1) is 13.6. The molecule has 5 nitrogen and oxygen atoms in total. The fraction of sp³-hybridized carbons (Fsp3) is 0.409. The number of hydrogen-bond acceptors (Lipinski definition) is 3. The van der Waals surface area contributed by atoms with Crippen molar-refractivity contribution in [2.75, 3.05) is 18.4 Å². The van der Waals surface area contributed by atoms with Crippen LogP contribution in [-0.4, -0.2) is 31.7 Å². The van der Waals surface area contributed by atoms with Crippen molar-refractivity contribution in [1.82, 2.24) is 4.31 Å². The van der Waals surface area contributed by atoms with Crippen LogP contribution in [0.4, 0.5) is 10.1 Å². The van der Waals surface area contributed by atoms with Crippen molar-refractivity contribution in [1.29, 1.82) is 0 Å². The first kappa shape index (κ1) is 21.5. The summed E-state index contributed by atoms with van der Waals surface area (Å²) in [6.45, 7) is 8.62. The fourth-order valence-corrected chi connectivity index (χ4v) is 5.56. The molecule has 0 radical (unpaired) electrons. The molecule has 1 aliphatic rings. The van der Waals surface area contributed by atoms with Crippen molar-refractivity contribution in [2.24, 2.45) is 11.8 Å². The molecule has 1 saturated heterocycles. The van der Waals surface area contributed by atoms with Gasteiger partial charge in [-0.15, -0.1) is 0 Å². The highest BCUT2D eigenvalue weighted by atomic mass is 32.2. The van der Waals surface area contributed by atoms with Crippen molar-refractivity contribution in [3.63, 3.8) is 0 Å². The Balaban J connectivity index is 1.91. The van der Waals surface area contributed by atoms with Gasteiger partial charge in [-0.1, -0.05) is 26.0 Å². The summed E-state index contributed by atoms with van der Waals surface area (Å²) in [5.74, 6) is -0.928. The minimum Gasteiger partial charge on any atom is -0.322 e. The summed E-state index contributed by atoms with van der Waals surface area (Å²) < 4.78 is 42.0. The van der Waals surface area contributed by atoms with E-state index in [1.54, 1.807) is 6.07 Å². The Morgan fingerprint density at radius 2 is 1.72 bits per heavy atom. The molecule has 2 aromatic carbocycles. The topological polar surface area (TPSA) is 66.5 Å². The van der Waals surface area contributed by atoms with Crippen LogP contribution in [0.15, 0.2) is 41.3 Å². The monoisotopic (exact) mass is 418 g/mol. The second-order valence-corrected chi connectivity index (χ2v) is 10.1. The smallest absolute Gasteiger partial charge is 0.258 e. The summed E-state index contributed by atoms with van der Waals surface area (Å²) in [7, 11) is -3.80. The van der Waals surface area contributed by atoms with Crippen LogP contribution in [0.2, 0.25) is 0 Å². The lowest BCUT2D eigenvalue weighted by molar-refractivity contribution is 0.102. The maximum absolute atomic E-state index is 14.4. The Bertz CT molecular complexity index is 1030. The number of sulfonamides is 1. The van der Waals surface area contributed by atoms with Gasteiger partial charge in [-0.25, -0.2) is 12.8 Å². The van der Waals surface area contributed by atoms with Gasteiger partial charge in [0.1, 0.15) is 5.82 Å². The molecule has 1 aliphatic heterocycles. The zero-order valence-electron chi connectivity index (χ0n) is 17.2. The molecule has 1 fully saturated rings. The van der Waals surface area contributed by atoms with Crippen LogP contribution < -0.4 is 5.32 Å². The Labute approximate surface area is 172 Å². The first-order valence-electron chi connectivity index (χ1n) is 9.76. The van der Waals surface area contributed by atoms with Crippen LogP contribution in [0.5, 0.6) is 0 Å². The van der Waals surface area contributed by atoms with Crippen LogP contribution >= 0.6 is 0 Å². The standard InChI is InChI=1S/C22H27FN2O3S/c1-14-5-6-17(4)21(10-14)24-22(26)19-11-18(7-8-20(19)23)29(27,28)25-12-15(2)9-16(3)13-25/h5-8,10-11,15-16H,9,12-13H2,1-4H3,(H,24,26)/t15-,16-/m0/s1. The Hall–Kier alpha value is -2.25. The lowest BCUT2D eigenvalue weighted by atomic mass is 9.94. The summed E-state index contributed by atoms with van der Waals surface area (Å²) in [5.41, 5.74) is 2.08. The molecular weight excluding hydrogens is 391 g/mol. The number of rotatable bonds is 4. The number of carbonyl (C=O) groups excluding carboxylic acids is 1. The van der Waals surface area contributed by atoms with Crippen molar-refractivity contribution >= 4 is 21.6 Å². The minimum atomic E-state index is -3.80. The Kier molecular flexibility index (Phi) is 6.10. The highest BCUT2D eigenvalue weighted by Gasteiger charge is 2.32. The number of benzene rings is 2. The largest absolute Gasteiger partial charge is 0.322 e. The average Bonchev–Trinajstić information content (AvgIpc) is 2.64. The van der Waals surface area contributed by atoms with Crippen LogP contribution in [-0.2, 0) is 10.0 Å². The van der Waals surface area contributed by atoms with Gasteiger partial charge < -0.3 is 5.32 Å². The maximum atomic E-state index is 14.4. The minimum absolute atomic E-state index is 0.0636. The third-order valence-corrected chi connectivity index (χ3v) is 7.12. The van der Waals surface area contributed by atoms with E-state index in [-0.39, 0.29) is 22.3 Å². The van der Waals surface area contributed by atoms with Crippen molar-refractivity contribution in [3.05, 3.63) is 58.9 Å². The van der Waals surface area contributed by atoms with E-state index in [9.17, 15) is 17.6 Å². The molecule has 7 heteroatoms. The van der Waals surface area contributed by atoms with E-state index in [1.165, 1.54) is 10.4 Å². The molecular formula is C22H27FN2O3S. The number of aryl methyl sites for hydroxylation is 2. The van der Waals surface area contributed by atoms with E-state index in [0.717, 1.165) is 29.7 Å². The summed E-state index contributed by atoms with van der Waals surface area (Å²) in [6, 6.07) is 8.97. The normalized spacial score (nSPS) is 20.4. The van der Waals surface area contributed by atoms with Crippen molar-refractivity contribution in [2.45, 2.75) is 39.0 Å². The van der Waals surface area contributed by atoms with Crippen molar-refractivity contribution in [3.8, 4) is 0 Å². The van der Waals surface area contributed by atoms with Gasteiger partial charge in [0.05, 0.1) is 10.5 Å². The first-order valence-corrected chi connectivity index (χ1v) is 11.2. The predicted octanol–water partition coefficient (Wildman–Crippen LogP) is 4.36. The van der Waals surface area contributed by atoms with Crippen LogP contribution in [0, 0.1) is 31.5 Å². The third-order valence-electron chi connectivity index (χ3n) is 5.30. The summed E-state index contributed by atoms with van der Waals surface area (Å²) in [4.78, 5) is 12.6. The molecule has 0 saturated carbocycles. The zero-order valence-corrected chi connectivity index (χ0v) is 18.0. The molecule has 1 N–H and O–H groups in total. The molecule has 2 aromatic rings. The number of halogens is 1. The van der Waals surface area contributed by atoms with E-state index in [1.807, 2.05) is 39.8 Å². The molecule has 2 atom stereocenters. The van der Waals surface area contributed by atoms with E-state index in [4.69, 9.17) is 0 Å². The van der Waals surface area contributed by atoms with Crippen LogP contribution in [0.1, 0.15) is 41.8 Å². The molecule has 0 bridgehead atoms. The molecule has 0 aliphatic carbocycles. The molecule has 0 spiro atoms. The van der Waals surface area contributed by atoms with E-state index in [0.29, 0.717) is 18.8 Å². The van der Waals surface area contributed by atoms with E-state index in [2.05, 4.69) is 5.32 Å². The molecule has 0 unspecified atom stereocenters. The van der Waals surface area contributed by atoms with Crippen LogP contribution in [0.25, 0.3) is 0 Å². The van der Waals surface area contributed by atoms with Gasteiger partial charge in [0.15, 0.2) is 0 Å². The van der Waals surface area contributed by atoms with Gasteiger partial charge in [0.2, 0.25) is 10.0 Å². The number of hydrogen-bond donors (Lipinski definition) is 1. The van der Waals surface area contributed by atoms with E-state index < -0.39 is 21.7 Å². The number of piperidine rings is 1. The summed E-state index contributed by atoms with van der Waals surface area (Å²) >= 11 is 0. The van der Waals surface area contributed by atoms with Gasteiger partial charge in [-0.3, -0.25) is 4.79 Å². The Morgan fingerprint density at radius 1 is 1.07 bits per heavy atom. The quantitative estimate of drug-likeness (QED) is 0.802. The second kappa shape index (κ2) is 8.24. The number of nitrogens with zero attached hydrogens (tertiary/aromatic N) is 1. The van der Waals surface area contributed by atoms with Gasteiger partial charge in [-0.05, 0) is 67.5 Å². The van der Waals surface area contributed by atoms with Gasteiger partial charge in [0.25, 0.3) is 5.91 Å². The maximum Gasteiger partial charge on any atom is 0.258 e. The molecule has 0 aromatic heterocycles. The molecule has 1 amide bonds. The zero-order chi connectivity index (χ0) is 21.3. The number of carbonyl (C=O) groups is 1. The van der Waals surface area contributed by atoms with Crippen molar-refractivity contribution < 1.29 is 17.6 Å². The molecule has 29 heavy (non-hydrogen) atoms. The van der Waals surface area contributed by atoms with Gasteiger partial charge in [0, 0.05) is 18.8 Å². The van der Waals surface area contributed by atoms with Crippen LogP contribution in [0.3, 0.4) is 0 Å². The lowest BCUT2D eigenvalue weighted by Gasteiger charge is -2.34. The average molecular weight is 419 g/mol. The number of amides is 1. The molecule has 3 rings (SSSR count). The highest BCUT2D eigenvalue weighted by molar-refractivity contribution is 7.89. The molecule has 156 valence electrons. The second-order valence-electron chi connectivity index (χ2n) is 8.18. The SMILES string of the molecule is Cc1ccc(C)c(NC(=O)c2cc(S(=O)(=O)N3C[C@@H](C)C[C@H](C)C3)ccc2F)c1. The summed E-state index contributed by atoms with van der Waals surface area (Å²) in [6.07, 6.45) is 0.971. The third kappa shape index (κ3) is 4.67. The van der Waals surface area contributed by atoms with Gasteiger partial charge in [-0.2, -0.15) is 4.31 Å². The fourth-order valence-electron chi connectivity index (χ4n) is 3.85. The molecule has 1 heterocycles.